The van der Waals surface area contributed by atoms with E-state index in [-0.39, 0.29) is 34.0 Å². The molecule has 14 heteroatoms. The number of hydrogen-bond donors (Lipinski definition) is 1. The number of nitrogens with two attached hydrogens (primary N) is 1. The molecule has 0 fully saturated rings. The number of nitro groups is 1. The second-order valence-corrected chi connectivity index (χ2v) is 11.0. The summed E-state index contributed by atoms with van der Waals surface area (Å²) >= 11 is 0. The van der Waals surface area contributed by atoms with Gasteiger partial charge in [-0.3, -0.25) is 14.4 Å². The number of furan rings is 1. The fraction of sp³-hybridized carbons (Fsp3) is 0.100. The lowest BCUT2D eigenvalue weighted by molar-refractivity contribution is -0.384. The van der Waals surface area contributed by atoms with E-state index in [4.69, 9.17) is 10.2 Å². The standard InChI is InChI=1S/C20H17N5O7S2/c1-33(28,29)20-22-18(21)17-13(12-32-19(17)23-20)11-24(14-5-3-2-4-6-14)34(30,31)16-9-7-15(8-10-16)25(26)27/h2-10,12H,11H2,1H3,(H2,21,22,23). The van der Waals surface area contributed by atoms with Crippen molar-refractivity contribution in [1.82, 2.24) is 9.97 Å². The molecule has 0 saturated carbocycles. The lowest BCUT2D eigenvalue weighted by atomic mass is 10.2. The first kappa shape index (κ1) is 23.1. The van der Waals surface area contributed by atoms with Crippen molar-refractivity contribution in [3.8, 4) is 0 Å². The number of sulfone groups is 1. The third-order valence-corrected chi connectivity index (χ3v) is 7.48. The topological polar surface area (TPSA) is 180 Å². The number of nitrogens with zero attached hydrogens (tertiary/aromatic N) is 4. The normalized spacial score (nSPS) is 12.0. The number of fused-ring (bicyclic) bond motifs is 1. The highest BCUT2D eigenvalue weighted by molar-refractivity contribution is 7.92. The van der Waals surface area contributed by atoms with Gasteiger partial charge in [-0.05, 0) is 24.3 Å². The van der Waals surface area contributed by atoms with Crippen LogP contribution < -0.4 is 10.0 Å². The number of aromatic nitrogens is 2. The number of nitrogen functional groups attached to an aromatic ring is 1. The van der Waals surface area contributed by atoms with Gasteiger partial charge in [-0.1, -0.05) is 18.2 Å². The van der Waals surface area contributed by atoms with Gasteiger partial charge in [-0.2, -0.15) is 4.98 Å². The lowest BCUT2D eigenvalue weighted by Crippen LogP contribution is -2.30. The highest BCUT2D eigenvalue weighted by Crippen LogP contribution is 2.31. The van der Waals surface area contributed by atoms with Crippen LogP contribution in [0.4, 0.5) is 17.2 Å². The Morgan fingerprint density at radius 1 is 1.03 bits per heavy atom. The van der Waals surface area contributed by atoms with Crippen LogP contribution in [0.3, 0.4) is 0 Å². The SMILES string of the molecule is CS(=O)(=O)c1nc(N)c2c(CN(c3ccccc3)S(=O)(=O)c3ccc([N+](=O)[O-])cc3)coc2n1. The molecule has 4 rings (SSSR count). The molecule has 0 atom stereocenters. The number of nitro benzene ring substituents is 1. The molecule has 34 heavy (non-hydrogen) atoms. The molecule has 0 radical (unpaired) electrons. The van der Waals surface area contributed by atoms with Crippen LogP contribution in [0.2, 0.25) is 0 Å². The zero-order chi connectivity index (χ0) is 24.7. The summed E-state index contributed by atoms with van der Waals surface area (Å²) in [6, 6.07) is 12.7. The van der Waals surface area contributed by atoms with Gasteiger partial charge >= 0.3 is 0 Å². The molecule has 0 saturated heterocycles. The Bertz CT molecular complexity index is 1600. The van der Waals surface area contributed by atoms with E-state index in [1.54, 1.807) is 30.3 Å². The van der Waals surface area contributed by atoms with Gasteiger partial charge < -0.3 is 10.2 Å². The predicted molar refractivity (Wildman–Crippen MR) is 122 cm³/mol. The molecule has 2 N–H and O–H groups in total. The zero-order valence-corrected chi connectivity index (χ0v) is 19.2. The van der Waals surface area contributed by atoms with E-state index in [2.05, 4.69) is 9.97 Å². The van der Waals surface area contributed by atoms with Crippen molar-refractivity contribution in [2.75, 3.05) is 16.3 Å². The quantitative estimate of drug-likeness (QED) is 0.224. The Balaban J connectivity index is 1.82. The maximum absolute atomic E-state index is 13.5. The van der Waals surface area contributed by atoms with E-state index in [0.29, 0.717) is 11.3 Å². The van der Waals surface area contributed by atoms with Crippen LogP contribution in [0.25, 0.3) is 11.1 Å². The first-order chi connectivity index (χ1) is 16.0. The number of sulfonamides is 1. The number of benzene rings is 2. The molecule has 2 heterocycles. The first-order valence-corrected chi connectivity index (χ1v) is 12.9. The number of non-ortho nitro benzene ring substituents is 1. The minimum atomic E-state index is -4.19. The molecule has 2 aromatic carbocycles. The van der Waals surface area contributed by atoms with Gasteiger partial charge in [0.1, 0.15) is 5.82 Å². The van der Waals surface area contributed by atoms with Gasteiger partial charge in [0.25, 0.3) is 20.9 Å². The summed E-state index contributed by atoms with van der Waals surface area (Å²) in [5.74, 6) is -0.185. The van der Waals surface area contributed by atoms with Gasteiger partial charge in [0.05, 0.1) is 33.7 Å². The molecule has 0 amide bonds. The van der Waals surface area contributed by atoms with E-state index < -0.39 is 29.9 Å². The molecule has 0 spiro atoms. The first-order valence-electron chi connectivity index (χ1n) is 9.54. The van der Waals surface area contributed by atoms with E-state index in [0.717, 1.165) is 34.8 Å². The maximum atomic E-state index is 13.5. The molecule has 176 valence electrons. The smallest absolute Gasteiger partial charge is 0.269 e. The van der Waals surface area contributed by atoms with E-state index in [1.807, 2.05) is 0 Å². The van der Waals surface area contributed by atoms with Crippen LogP contribution in [0, 0.1) is 10.1 Å². The number of para-hydroxylation sites is 1. The van der Waals surface area contributed by atoms with Gasteiger partial charge in [0.2, 0.25) is 15.6 Å². The van der Waals surface area contributed by atoms with Crippen molar-refractivity contribution in [2.45, 2.75) is 16.6 Å². The van der Waals surface area contributed by atoms with Crippen LogP contribution in [0.1, 0.15) is 5.56 Å². The van der Waals surface area contributed by atoms with Gasteiger partial charge in [-0.15, -0.1) is 0 Å². The largest absolute Gasteiger partial charge is 0.446 e. The molecule has 2 aromatic heterocycles. The predicted octanol–water partition coefficient (Wildman–Crippen LogP) is 2.51. The summed E-state index contributed by atoms with van der Waals surface area (Å²) in [4.78, 5) is 17.8. The van der Waals surface area contributed by atoms with Crippen LogP contribution in [0.15, 0.2) is 75.3 Å². The highest BCUT2D eigenvalue weighted by Gasteiger charge is 2.28. The lowest BCUT2D eigenvalue weighted by Gasteiger charge is -2.24. The number of anilines is 2. The molecule has 12 nitrogen and oxygen atoms in total. The molecule has 0 aliphatic carbocycles. The summed E-state index contributed by atoms with van der Waals surface area (Å²) in [6.45, 7) is -0.262. The van der Waals surface area contributed by atoms with Crippen LogP contribution in [-0.2, 0) is 26.4 Å². The monoisotopic (exact) mass is 503 g/mol. The fourth-order valence-corrected chi connectivity index (χ4v) is 5.18. The second-order valence-electron chi connectivity index (χ2n) is 7.20. The van der Waals surface area contributed by atoms with Crippen molar-refractivity contribution >= 4 is 48.2 Å². The Hall–Kier alpha value is -4.04. The summed E-state index contributed by atoms with van der Waals surface area (Å²) < 4.78 is 57.1. The molecule has 0 unspecified atom stereocenters. The molecular weight excluding hydrogens is 486 g/mol. The third-order valence-electron chi connectivity index (χ3n) is 4.84. The number of rotatable bonds is 7. The molecule has 4 aromatic rings. The van der Waals surface area contributed by atoms with Gasteiger partial charge in [-0.25, -0.2) is 21.8 Å². The highest BCUT2D eigenvalue weighted by atomic mass is 32.2. The molecule has 0 aliphatic heterocycles. The average Bonchev–Trinajstić information content (AvgIpc) is 3.21. The summed E-state index contributed by atoms with van der Waals surface area (Å²) in [7, 11) is -7.95. The van der Waals surface area contributed by atoms with Gasteiger partial charge in [0.15, 0.2) is 0 Å². The van der Waals surface area contributed by atoms with Crippen molar-refractivity contribution < 1.29 is 26.2 Å². The molecular formula is C20H17N5O7S2. The van der Waals surface area contributed by atoms with Crippen molar-refractivity contribution in [3.05, 3.63) is 76.5 Å². The van der Waals surface area contributed by atoms with Crippen LogP contribution >= 0.6 is 0 Å². The summed E-state index contributed by atoms with van der Waals surface area (Å²) in [5.41, 5.74) is 6.21. The fourth-order valence-electron chi connectivity index (χ4n) is 3.22. The van der Waals surface area contributed by atoms with E-state index in [1.165, 1.54) is 6.26 Å². The minimum Gasteiger partial charge on any atom is -0.446 e. The molecule has 0 bridgehead atoms. The second kappa shape index (κ2) is 8.39. The van der Waals surface area contributed by atoms with Crippen molar-refractivity contribution in [2.24, 2.45) is 0 Å². The Labute approximate surface area is 193 Å². The van der Waals surface area contributed by atoms with E-state index >= 15 is 0 Å². The Morgan fingerprint density at radius 3 is 2.26 bits per heavy atom. The van der Waals surface area contributed by atoms with Crippen molar-refractivity contribution in [1.29, 1.82) is 0 Å². The summed E-state index contributed by atoms with van der Waals surface area (Å²) in [5, 5.41) is 10.6. The zero-order valence-electron chi connectivity index (χ0n) is 17.5. The maximum Gasteiger partial charge on any atom is 0.269 e. The minimum absolute atomic E-state index is 0.108. The van der Waals surface area contributed by atoms with E-state index in [9.17, 15) is 26.9 Å². The number of hydrogen-bond acceptors (Lipinski definition) is 10. The summed E-state index contributed by atoms with van der Waals surface area (Å²) in [6.07, 6.45) is 2.15. The van der Waals surface area contributed by atoms with Crippen LogP contribution in [0.5, 0.6) is 0 Å². The van der Waals surface area contributed by atoms with Crippen LogP contribution in [-0.4, -0.2) is 38.0 Å². The molecule has 0 aliphatic rings. The van der Waals surface area contributed by atoms with Crippen molar-refractivity contribution in [3.63, 3.8) is 0 Å². The van der Waals surface area contributed by atoms with Gasteiger partial charge in [0, 0.05) is 24.0 Å². The Kier molecular flexibility index (Phi) is 5.70. The average molecular weight is 504 g/mol. The third kappa shape index (κ3) is 4.27. The Morgan fingerprint density at radius 2 is 1.68 bits per heavy atom.